The van der Waals surface area contributed by atoms with E-state index in [0.29, 0.717) is 11.3 Å². The number of aromatic hydroxyl groups is 1. The lowest BCUT2D eigenvalue weighted by atomic mass is 10.1. The topological polar surface area (TPSA) is 69.6 Å². The first-order valence-electron chi connectivity index (χ1n) is 7.61. The van der Waals surface area contributed by atoms with Crippen LogP contribution in [0.2, 0.25) is 0 Å². The van der Waals surface area contributed by atoms with Gasteiger partial charge < -0.3 is 5.11 Å². The van der Waals surface area contributed by atoms with Gasteiger partial charge in [-0.2, -0.15) is 0 Å². The molecule has 5 nitrogen and oxygen atoms in total. The third kappa shape index (κ3) is 2.76. The first kappa shape index (κ1) is 15.8. The number of anilines is 1. The number of phenolic OH excluding ortho intramolecular Hbond substituents is 1. The van der Waals surface area contributed by atoms with E-state index >= 15 is 0 Å². The largest absolute Gasteiger partial charge is 0.507 e. The first-order chi connectivity index (χ1) is 11.4. The van der Waals surface area contributed by atoms with Crippen LogP contribution in [0, 0.1) is 20.8 Å². The number of carbonyl (C=O) groups excluding carboxylic acids is 2. The van der Waals surface area contributed by atoms with Crippen molar-refractivity contribution in [3.8, 4) is 5.75 Å². The third-order valence-corrected chi connectivity index (χ3v) is 4.12. The Morgan fingerprint density at radius 1 is 1.00 bits per heavy atom. The quantitative estimate of drug-likeness (QED) is 0.660. The van der Waals surface area contributed by atoms with E-state index in [2.05, 4.69) is 5.43 Å². The summed E-state index contributed by atoms with van der Waals surface area (Å²) in [6, 6.07) is 10.6. The van der Waals surface area contributed by atoms with Crippen molar-refractivity contribution >= 4 is 23.6 Å². The Morgan fingerprint density at radius 2 is 1.75 bits per heavy atom. The zero-order chi connectivity index (χ0) is 17.4. The second-order valence-electron chi connectivity index (χ2n) is 5.97. The molecule has 0 bridgehead atoms. The molecule has 0 radical (unpaired) electrons. The summed E-state index contributed by atoms with van der Waals surface area (Å²) in [5.74, 6) is -0.901. The summed E-state index contributed by atoms with van der Waals surface area (Å²) in [5.41, 5.74) is 6.67. The molecule has 1 heterocycles. The molecule has 5 heteroatoms. The number of nitrogens with one attached hydrogen (secondary N) is 1. The van der Waals surface area contributed by atoms with E-state index in [1.54, 1.807) is 24.3 Å². The standard InChI is InChI=1S/C19H18N2O3/c1-11-4-7-17(22)14(8-11)10-16-18(23)20-21(19(16)24)15-6-5-12(2)13(3)9-15/h4-10,22H,1-3H3,(H,20,23). The SMILES string of the molecule is Cc1ccc(O)c(C=C2C(=O)NN(c3ccc(C)c(C)c3)C2=O)c1. The van der Waals surface area contributed by atoms with E-state index in [1.807, 2.05) is 32.9 Å². The predicted molar refractivity (Wildman–Crippen MR) is 92.4 cm³/mol. The molecule has 1 aliphatic rings. The van der Waals surface area contributed by atoms with Gasteiger partial charge in [0.05, 0.1) is 5.69 Å². The maximum Gasteiger partial charge on any atom is 0.282 e. The summed E-state index contributed by atoms with van der Waals surface area (Å²) in [6.45, 7) is 5.80. The number of rotatable bonds is 2. The molecular weight excluding hydrogens is 304 g/mol. The van der Waals surface area contributed by atoms with E-state index in [1.165, 1.54) is 11.1 Å². The Bertz CT molecular complexity index is 884. The molecule has 2 aromatic carbocycles. The minimum Gasteiger partial charge on any atom is -0.507 e. The lowest BCUT2D eigenvalue weighted by molar-refractivity contribution is -0.117. The van der Waals surface area contributed by atoms with Crippen LogP contribution >= 0.6 is 0 Å². The van der Waals surface area contributed by atoms with Gasteiger partial charge in [0.1, 0.15) is 11.3 Å². The number of nitrogens with zero attached hydrogens (tertiary/aromatic N) is 1. The molecule has 0 atom stereocenters. The molecule has 2 aromatic rings. The van der Waals surface area contributed by atoms with E-state index in [9.17, 15) is 14.7 Å². The molecule has 0 aliphatic carbocycles. The van der Waals surface area contributed by atoms with Crippen molar-refractivity contribution in [3.05, 3.63) is 64.2 Å². The highest BCUT2D eigenvalue weighted by Crippen LogP contribution is 2.26. The Kier molecular flexibility index (Phi) is 3.85. The van der Waals surface area contributed by atoms with Crippen molar-refractivity contribution in [2.75, 3.05) is 5.01 Å². The molecule has 3 rings (SSSR count). The lowest BCUT2D eigenvalue weighted by Crippen LogP contribution is -2.35. The summed E-state index contributed by atoms with van der Waals surface area (Å²) in [4.78, 5) is 24.8. The van der Waals surface area contributed by atoms with Crippen molar-refractivity contribution in [3.63, 3.8) is 0 Å². The van der Waals surface area contributed by atoms with Gasteiger partial charge in [0.15, 0.2) is 0 Å². The minimum atomic E-state index is -0.487. The van der Waals surface area contributed by atoms with Gasteiger partial charge >= 0.3 is 0 Å². The number of hydrazine groups is 1. The Hall–Kier alpha value is -3.08. The van der Waals surface area contributed by atoms with Crippen molar-refractivity contribution in [1.82, 2.24) is 5.43 Å². The van der Waals surface area contributed by atoms with Crippen LogP contribution in [0.1, 0.15) is 22.3 Å². The molecule has 0 spiro atoms. The highest BCUT2D eigenvalue weighted by atomic mass is 16.3. The molecule has 0 unspecified atom stereocenters. The van der Waals surface area contributed by atoms with Crippen LogP contribution in [-0.4, -0.2) is 16.9 Å². The smallest absolute Gasteiger partial charge is 0.282 e. The molecule has 2 amide bonds. The van der Waals surface area contributed by atoms with Crippen LogP contribution in [0.3, 0.4) is 0 Å². The number of aryl methyl sites for hydroxylation is 3. The van der Waals surface area contributed by atoms with Gasteiger partial charge in [-0.15, -0.1) is 0 Å². The van der Waals surface area contributed by atoms with Gasteiger partial charge in [0, 0.05) is 5.56 Å². The molecule has 2 N–H and O–H groups in total. The first-order valence-corrected chi connectivity index (χ1v) is 7.61. The Labute approximate surface area is 140 Å². The molecule has 0 saturated carbocycles. The van der Waals surface area contributed by atoms with Gasteiger partial charge in [-0.05, 0) is 62.2 Å². The lowest BCUT2D eigenvalue weighted by Gasteiger charge is -2.16. The minimum absolute atomic E-state index is 0.00544. The molecule has 122 valence electrons. The van der Waals surface area contributed by atoms with Gasteiger partial charge in [-0.1, -0.05) is 17.7 Å². The summed E-state index contributed by atoms with van der Waals surface area (Å²) in [7, 11) is 0. The van der Waals surface area contributed by atoms with Gasteiger partial charge in [0.2, 0.25) is 0 Å². The Morgan fingerprint density at radius 3 is 2.46 bits per heavy atom. The molecule has 1 aliphatic heterocycles. The van der Waals surface area contributed by atoms with Crippen LogP contribution in [0.25, 0.3) is 6.08 Å². The number of carbonyl (C=O) groups is 2. The number of phenols is 1. The fraction of sp³-hybridized carbons (Fsp3) is 0.158. The van der Waals surface area contributed by atoms with Crippen LogP contribution in [0.4, 0.5) is 5.69 Å². The number of amides is 2. The second-order valence-corrected chi connectivity index (χ2v) is 5.97. The average molecular weight is 322 g/mol. The molecule has 1 fully saturated rings. The Balaban J connectivity index is 1.98. The van der Waals surface area contributed by atoms with Crippen molar-refractivity contribution in [2.24, 2.45) is 0 Å². The maximum atomic E-state index is 12.6. The second kappa shape index (κ2) is 5.85. The van der Waals surface area contributed by atoms with Crippen molar-refractivity contribution < 1.29 is 14.7 Å². The van der Waals surface area contributed by atoms with Gasteiger partial charge in [-0.3, -0.25) is 15.0 Å². The third-order valence-electron chi connectivity index (χ3n) is 4.12. The van der Waals surface area contributed by atoms with Gasteiger partial charge in [-0.25, -0.2) is 5.01 Å². The van der Waals surface area contributed by atoms with Crippen molar-refractivity contribution in [2.45, 2.75) is 20.8 Å². The van der Waals surface area contributed by atoms with Crippen LogP contribution in [0.5, 0.6) is 5.75 Å². The van der Waals surface area contributed by atoms with E-state index in [4.69, 9.17) is 0 Å². The fourth-order valence-corrected chi connectivity index (χ4v) is 2.55. The normalized spacial score (nSPS) is 16.0. The molecule has 1 saturated heterocycles. The average Bonchev–Trinajstić information content (AvgIpc) is 2.81. The highest BCUT2D eigenvalue weighted by Gasteiger charge is 2.34. The van der Waals surface area contributed by atoms with Crippen LogP contribution < -0.4 is 10.4 Å². The van der Waals surface area contributed by atoms with Crippen molar-refractivity contribution in [1.29, 1.82) is 0 Å². The van der Waals surface area contributed by atoms with E-state index in [-0.39, 0.29) is 11.3 Å². The zero-order valence-electron chi connectivity index (χ0n) is 13.8. The molecular formula is C19H18N2O3. The fourth-order valence-electron chi connectivity index (χ4n) is 2.55. The van der Waals surface area contributed by atoms with Crippen LogP contribution in [-0.2, 0) is 9.59 Å². The van der Waals surface area contributed by atoms with Gasteiger partial charge in [0.25, 0.3) is 11.8 Å². The monoisotopic (exact) mass is 322 g/mol. The highest BCUT2D eigenvalue weighted by molar-refractivity contribution is 6.31. The number of hydrogen-bond acceptors (Lipinski definition) is 3. The van der Waals surface area contributed by atoms with E-state index in [0.717, 1.165) is 16.7 Å². The number of benzene rings is 2. The van der Waals surface area contributed by atoms with E-state index < -0.39 is 11.8 Å². The molecule has 24 heavy (non-hydrogen) atoms. The number of hydrogen-bond donors (Lipinski definition) is 2. The maximum absolute atomic E-state index is 12.6. The van der Waals surface area contributed by atoms with Crippen LogP contribution in [0.15, 0.2) is 42.0 Å². The summed E-state index contributed by atoms with van der Waals surface area (Å²) in [5, 5.41) is 11.1. The summed E-state index contributed by atoms with van der Waals surface area (Å²) < 4.78 is 0. The summed E-state index contributed by atoms with van der Waals surface area (Å²) >= 11 is 0. The zero-order valence-corrected chi connectivity index (χ0v) is 13.8. The predicted octanol–water partition coefficient (Wildman–Crippen LogP) is 2.78. The summed E-state index contributed by atoms with van der Waals surface area (Å²) in [6.07, 6.45) is 1.42. The molecule has 0 aromatic heterocycles.